The van der Waals surface area contributed by atoms with E-state index in [0.29, 0.717) is 0 Å². The number of aromatic nitrogens is 1. The van der Waals surface area contributed by atoms with E-state index in [0.717, 1.165) is 27.1 Å². The van der Waals surface area contributed by atoms with E-state index in [1.807, 2.05) is 44.2 Å². The molecule has 1 aromatic heterocycles. The lowest BCUT2D eigenvalue weighted by Gasteiger charge is -2.27. The van der Waals surface area contributed by atoms with E-state index in [9.17, 15) is 9.59 Å². The van der Waals surface area contributed by atoms with E-state index in [-0.39, 0.29) is 17.2 Å². The van der Waals surface area contributed by atoms with Gasteiger partial charge in [0.1, 0.15) is 5.57 Å². The number of nitrogens with zero attached hydrogens (tertiary/aromatic N) is 2. The number of rotatable bonds is 4. The standard InChI is InChI=1S/C20H18BrN3O2S/c1-4-9-23-19(26)17(18(25)22-20(23)27)11-14-10-12(2)24(13(14)3)16-7-5-15(21)6-8-16/h4-8,10-11H,1,9H2,2-3H3,(H,22,25,27)/b17-11-. The van der Waals surface area contributed by atoms with Gasteiger partial charge in [0.15, 0.2) is 5.11 Å². The van der Waals surface area contributed by atoms with Crippen molar-refractivity contribution in [2.75, 3.05) is 6.54 Å². The summed E-state index contributed by atoms with van der Waals surface area (Å²) in [5, 5.41) is 2.66. The number of amides is 2. The molecule has 2 amide bonds. The molecule has 0 saturated carbocycles. The Morgan fingerprint density at radius 3 is 2.52 bits per heavy atom. The average molecular weight is 444 g/mol. The second kappa shape index (κ2) is 7.62. The number of carbonyl (C=O) groups is 2. The minimum Gasteiger partial charge on any atom is -0.318 e. The van der Waals surface area contributed by atoms with Gasteiger partial charge in [-0.15, -0.1) is 6.58 Å². The summed E-state index contributed by atoms with van der Waals surface area (Å²) >= 11 is 8.52. The van der Waals surface area contributed by atoms with Gasteiger partial charge in [0.25, 0.3) is 11.8 Å². The monoisotopic (exact) mass is 443 g/mol. The highest BCUT2D eigenvalue weighted by Crippen LogP contribution is 2.25. The maximum absolute atomic E-state index is 12.7. The summed E-state index contributed by atoms with van der Waals surface area (Å²) in [7, 11) is 0. The summed E-state index contributed by atoms with van der Waals surface area (Å²) in [6, 6.07) is 9.90. The Morgan fingerprint density at radius 1 is 1.22 bits per heavy atom. The van der Waals surface area contributed by atoms with Crippen molar-refractivity contribution >= 4 is 51.2 Å². The number of thiocarbonyl (C=S) groups is 1. The molecule has 1 saturated heterocycles. The highest BCUT2D eigenvalue weighted by molar-refractivity contribution is 9.10. The highest BCUT2D eigenvalue weighted by Gasteiger charge is 2.32. The van der Waals surface area contributed by atoms with Gasteiger partial charge in [-0.05, 0) is 68.0 Å². The van der Waals surface area contributed by atoms with Gasteiger partial charge in [-0.3, -0.25) is 19.8 Å². The van der Waals surface area contributed by atoms with Gasteiger partial charge in [-0.25, -0.2) is 0 Å². The van der Waals surface area contributed by atoms with Crippen molar-refractivity contribution in [3.8, 4) is 5.69 Å². The van der Waals surface area contributed by atoms with Gasteiger partial charge in [0.2, 0.25) is 0 Å². The molecule has 27 heavy (non-hydrogen) atoms. The van der Waals surface area contributed by atoms with Gasteiger partial charge in [0.05, 0.1) is 0 Å². The fourth-order valence-corrected chi connectivity index (χ4v) is 3.58. The third-order valence-electron chi connectivity index (χ3n) is 4.35. The number of carbonyl (C=O) groups excluding carboxylic acids is 2. The fourth-order valence-electron chi connectivity index (χ4n) is 3.07. The molecule has 0 radical (unpaired) electrons. The third kappa shape index (κ3) is 3.65. The molecule has 138 valence electrons. The summed E-state index contributed by atoms with van der Waals surface area (Å²) in [6.07, 6.45) is 3.19. The van der Waals surface area contributed by atoms with Crippen LogP contribution in [0.2, 0.25) is 0 Å². The summed E-state index contributed by atoms with van der Waals surface area (Å²) in [4.78, 5) is 26.4. The topological polar surface area (TPSA) is 54.3 Å². The van der Waals surface area contributed by atoms with E-state index < -0.39 is 11.8 Å². The maximum Gasteiger partial charge on any atom is 0.265 e. The van der Waals surface area contributed by atoms with Crippen molar-refractivity contribution in [2.24, 2.45) is 0 Å². The van der Waals surface area contributed by atoms with E-state index >= 15 is 0 Å². The molecule has 1 aromatic carbocycles. The quantitative estimate of drug-likeness (QED) is 0.339. The summed E-state index contributed by atoms with van der Waals surface area (Å²) in [5.41, 5.74) is 3.81. The van der Waals surface area contributed by atoms with Crippen LogP contribution in [-0.4, -0.2) is 32.9 Å². The third-order valence-corrected chi connectivity index (χ3v) is 5.20. The minimum absolute atomic E-state index is 0.0570. The molecule has 0 aliphatic carbocycles. The van der Waals surface area contributed by atoms with Crippen LogP contribution in [0.4, 0.5) is 0 Å². The summed E-state index contributed by atoms with van der Waals surface area (Å²) in [5.74, 6) is -0.907. The Labute approximate surface area is 171 Å². The van der Waals surface area contributed by atoms with Crippen LogP contribution in [0.15, 0.2) is 53.0 Å². The van der Waals surface area contributed by atoms with Crippen LogP contribution in [0.5, 0.6) is 0 Å². The lowest BCUT2D eigenvalue weighted by atomic mass is 10.1. The predicted molar refractivity (Wildman–Crippen MR) is 114 cm³/mol. The summed E-state index contributed by atoms with van der Waals surface area (Å²) < 4.78 is 3.08. The molecular formula is C20H18BrN3O2S. The second-order valence-electron chi connectivity index (χ2n) is 6.16. The first kappa shape index (κ1) is 19.3. The normalized spacial score (nSPS) is 16.0. The van der Waals surface area contributed by atoms with Crippen molar-refractivity contribution in [2.45, 2.75) is 13.8 Å². The number of aryl methyl sites for hydroxylation is 1. The maximum atomic E-state index is 12.7. The van der Waals surface area contributed by atoms with Gasteiger partial charge >= 0.3 is 0 Å². The van der Waals surface area contributed by atoms with Crippen molar-refractivity contribution in [3.63, 3.8) is 0 Å². The first-order chi connectivity index (χ1) is 12.8. The first-order valence-corrected chi connectivity index (χ1v) is 9.48. The SMILES string of the molecule is C=CCN1C(=O)/C(=C\c2cc(C)n(-c3ccc(Br)cc3)c2C)C(=O)NC1=S. The van der Waals surface area contributed by atoms with Crippen LogP contribution in [0.25, 0.3) is 11.8 Å². The van der Waals surface area contributed by atoms with Crippen molar-refractivity contribution in [1.82, 2.24) is 14.8 Å². The zero-order valence-corrected chi connectivity index (χ0v) is 17.4. The van der Waals surface area contributed by atoms with Crippen LogP contribution < -0.4 is 5.32 Å². The molecule has 3 rings (SSSR count). The van der Waals surface area contributed by atoms with E-state index in [1.165, 1.54) is 4.90 Å². The Balaban J connectivity index is 2.04. The Bertz CT molecular complexity index is 989. The molecule has 5 nitrogen and oxygen atoms in total. The molecule has 0 unspecified atom stereocenters. The molecule has 1 fully saturated rings. The lowest BCUT2D eigenvalue weighted by Crippen LogP contribution is -2.53. The molecular weight excluding hydrogens is 426 g/mol. The van der Waals surface area contributed by atoms with Crippen LogP contribution in [0, 0.1) is 13.8 Å². The summed E-state index contributed by atoms with van der Waals surface area (Å²) in [6.45, 7) is 7.81. The first-order valence-electron chi connectivity index (χ1n) is 8.28. The van der Waals surface area contributed by atoms with Crippen LogP contribution in [-0.2, 0) is 9.59 Å². The number of nitrogens with one attached hydrogen (secondary N) is 1. The molecule has 1 aliphatic heterocycles. The Kier molecular flexibility index (Phi) is 5.43. The fraction of sp³-hybridized carbons (Fsp3) is 0.150. The van der Waals surface area contributed by atoms with Gasteiger partial charge in [-0.1, -0.05) is 22.0 Å². The van der Waals surface area contributed by atoms with Crippen molar-refractivity contribution in [3.05, 3.63) is 70.0 Å². The predicted octanol–water partition coefficient (Wildman–Crippen LogP) is 3.67. The number of benzene rings is 1. The zero-order valence-electron chi connectivity index (χ0n) is 15.0. The smallest absolute Gasteiger partial charge is 0.265 e. The Morgan fingerprint density at radius 2 is 1.89 bits per heavy atom. The van der Waals surface area contributed by atoms with E-state index in [4.69, 9.17) is 12.2 Å². The van der Waals surface area contributed by atoms with Gasteiger partial charge in [-0.2, -0.15) is 0 Å². The largest absolute Gasteiger partial charge is 0.318 e. The van der Waals surface area contributed by atoms with Crippen LogP contribution in [0.1, 0.15) is 17.0 Å². The number of hydrogen-bond acceptors (Lipinski definition) is 3. The molecule has 1 N–H and O–H groups in total. The molecule has 2 aromatic rings. The Hall–Kier alpha value is -2.51. The molecule has 0 spiro atoms. The van der Waals surface area contributed by atoms with Crippen LogP contribution >= 0.6 is 28.1 Å². The van der Waals surface area contributed by atoms with E-state index in [1.54, 1.807) is 12.2 Å². The van der Waals surface area contributed by atoms with Crippen molar-refractivity contribution in [1.29, 1.82) is 0 Å². The number of hydrogen-bond donors (Lipinski definition) is 1. The molecule has 0 atom stereocenters. The molecule has 7 heteroatoms. The van der Waals surface area contributed by atoms with Crippen LogP contribution in [0.3, 0.4) is 0 Å². The average Bonchev–Trinajstić information content (AvgIpc) is 2.90. The molecule has 0 bridgehead atoms. The van der Waals surface area contributed by atoms with Crippen molar-refractivity contribution < 1.29 is 9.59 Å². The zero-order chi connectivity index (χ0) is 19.7. The highest BCUT2D eigenvalue weighted by atomic mass is 79.9. The lowest BCUT2D eigenvalue weighted by molar-refractivity contribution is -0.128. The minimum atomic E-state index is -0.487. The van der Waals surface area contributed by atoms with Gasteiger partial charge in [0, 0.05) is 28.1 Å². The number of halogens is 1. The molecule has 2 heterocycles. The molecule has 1 aliphatic rings. The van der Waals surface area contributed by atoms with Gasteiger partial charge < -0.3 is 4.57 Å². The second-order valence-corrected chi connectivity index (χ2v) is 7.46. The van der Waals surface area contributed by atoms with E-state index in [2.05, 4.69) is 32.4 Å².